The van der Waals surface area contributed by atoms with Crippen molar-refractivity contribution in [2.45, 2.75) is 13.8 Å². The number of hydrogen-bond acceptors (Lipinski definition) is 2. The maximum atomic E-state index is 11.8. The summed E-state index contributed by atoms with van der Waals surface area (Å²) in [5.74, 6) is -0.796. The second-order valence-corrected chi connectivity index (χ2v) is 3.80. The molecule has 0 aliphatic carbocycles. The molecule has 0 bridgehead atoms. The fourth-order valence-electron chi connectivity index (χ4n) is 1.33. The van der Waals surface area contributed by atoms with E-state index in [0.717, 1.165) is 18.1 Å². The average Bonchev–Trinajstić information content (AvgIpc) is 2.81. The monoisotopic (exact) mass is 245 g/mol. The topological polar surface area (TPSA) is 70.2 Å². The van der Waals surface area contributed by atoms with Crippen molar-refractivity contribution in [3.05, 3.63) is 59.4 Å². The number of aryl methyl sites for hydroxylation is 1. The van der Waals surface area contributed by atoms with Gasteiger partial charge in [-0.3, -0.25) is 9.59 Å². The van der Waals surface area contributed by atoms with Gasteiger partial charge in [0.25, 0.3) is 5.97 Å². The van der Waals surface area contributed by atoms with Crippen LogP contribution in [0.15, 0.2) is 42.6 Å². The maximum absolute atomic E-state index is 11.8. The number of rotatable bonds is 2. The van der Waals surface area contributed by atoms with Crippen LogP contribution >= 0.6 is 0 Å². The lowest BCUT2D eigenvalue weighted by molar-refractivity contribution is -0.134. The second-order valence-electron chi connectivity index (χ2n) is 3.80. The third kappa shape index (κ3) is 4.25. The van der Waals surface area contributed by atoms with Crippen molar-refractivity contribution in [3.8, 4) is 0 Å². The summed E-state index contributed by atoms with van der Waals surface area (Å²) in [7, 11) is 0. The zero-order chi connectivity index (χ0) is 13.5. The van der Waals surface area contributed by atoms with Crippen molar-refractivity contribution in [1.29, 1.82) is 0 Å². The minimum Gasteiger partial charge on any atom is -0.481 e. The zero-order valence-electron chi connectivity index (χ0n) is 10.3. The molecule has 0 saturated heterocycles. The Kier molecular flexibility index (Phi) is 4.87. The number of ketones is 1. The van der Waals surface area contributed by atoms with Crippen LogP contribution in [-0.2, 0) is 4.79 Å². The lowest BCUT2D eigenvalue weighted by atomic mass is 10.1. The maximum Gasteiger partial charge on any atom is 0.300 e. The first kappa shape index (κ1) is 13.7. The van der Waals surface area contributed by atoms with E-state index >= 15 is 0 Å². The van der Waals surface area contributed by atoms with E-state index in [9.17, 15) is 4.79 Å². The highest BCUT2D eigenvalue weighted by Crippen LogP contribution is 2.08. The summed E-state index contributed by atoms with van der Waals surface area (Å²) >= 11 is 0. The van der Waals surface area contributed by atoms with Gasteiger partial charge in [0.15, 0.2) is 0 Å². The Hall–Kier alpha value is -2.36. The quantitative estimate of drug-likeness (QED) is 0.799. The molecule has 0 fully saturated rings. The summed E-state index contributed by atoms with van der Waals surface area (Å²) < 4.78 is 0. The van der Waals surface area contributed by atoms with Crippen LogP contribution in [0.25, 0.3) is 0 Å². The molecule has 1 heterocycles. The van der Waals surface area contributed by atoms with Gasteiger partial charge in [0, 0.05) is 18.7 Å². The molecule has 18 heavy (non-hydrogen) atoms. The van der Waals surface area contributed by atoms with Gasteiger partial charge in [0.2, 0.25) is 5.78 Å². The zero-order valence-corrected chi connectivity index (χ0v) is 10.3. The molecule has 0 atom stereocenters. The first-order valence-corrected chi connectivity index (χ1v) is 5.45. The van der Waals surface area contributed by atoms with Gasteiger partial charge in [-0.15, -0.1) is 0 Å². The molecule has 4 heteroatoms. The molecule has 2 N–H and O–H groups in total. The summed E-state index contributed by atoms with van der Waals surface area (Å²) in [4.78, 5) is 23.7. The molecule has 0 unspecified atom stereocenters. The SMILES string of the molecule is CC(=O)O.Cc1ccc(C(=O)c2ccc[nH]2)cc1. The Morgan fingerprint density at radius 2 is 1.67 bits per heavy atom. The van der Waals surface area contributed by atoms with E-state index in [2.05, 4.69) is 4.98 Å². The molecule has 4 nitrogen and oxygen atoms in total. The van der Waals surface area contributed by atoms with E-state index < -0.39 is 5.97 Å². The largest absolute Gasteiger partial charge is 0.481 e. The van der Waals surface area contributed by atoms with Gasteiger partial charge in [-0.2, -0.15) is 0 Å². The Morgan fingerprint density at radius 3 is 2.11 bits per heavy atom. The first-order valence-electron chi connectivity index (χ1n) is 5.45. The Balaban J connectivity index is 0.000000357. The first-order chi connectivity index (χ1) is 8.50. The van der Waals surface area contributed by atoms with Gasteiger partial charge in [-0.05, 0) is 19.1 Å². The number of aromatic nitrogens is 1. The number of benzene rings is 1. The van der Waals surface area contributed by atoms with E-state index in [1.807, 2.05) is 37.3 Å². The molecule has 0 spiro atoms. The lowest BCUT2D eigenvalue weighted by Crippen LogP contribution is -2.00. The minimum atomic E-state index is -0.833. The molecule has 0 aliphatic rings. The van der Waals surface area contributed by atoms with E-state index in [0.29, 0.717) is 5.69 Å². The van der Waals surface area contributed by atoms with Crippen LogP contribution in [-0.4, -0.2) is 21.8 Å². The van der Waals surface area contributed by atoms with Gasteiger partial charge in [-0.25, -0.2) is 0 Å². The Morgan fingerprint density at radius 1 is 1.11 bits per heavy atom. The molecule has 1 aromatic carbocycles. The van der Waals surface area contributed by atoms with E-state index in [1.165, 1.54) is 0 Å². The third-order valence-electron chi connectivity index (χ3n) is 2.16. The molecule has 1 aromatic heterocycles. The van der Waals surface area contributed by atoms with Crippen LogP contribution in [0.1, 0.15) is 28.5 Å². The lowest BCUT2D eigenvalue weighted by Gasteiger charge is -1.98. The van der Waals surface area contributed by atoms with Crippen molar-refractivity contribution in [3.63, 3.8) is 0 Å². The van der Waals surface area contributed by atoms with E-state index in [4.69, 9.17) is 9.90 Å². The Bertz CT molecular complexity index is 508. The molecular formula is C14H15NO3. The highest BCUT2D eigenvalue weighted by Gasteiger charge is 2.08. The number of aliphatic carboxylic acids is 1. The number of carbonyl (C=O) groups excluding carboxylic acids is 1. The van der Waals surface area contributed by atoms with E-state index in [1.54, 1.807) is 12.3 Å². The highest BCUT2D eigenvalue weighted by atomic mass is 16.4. The van der Waals surface area contributed by atoms with Crippen LogP contribution in [0.2, 0.25) is 0 Å². The van der Waals surface area contributed by atoms with Crippen LogP contribution in [0.3, 0.4) is 0 Å². The second kappa shape index (κ2) is 6.39. The van der Waals surface area contributed by atoms with Crippen molar-refractivity contribution in [2.75, 3.05) is 0 Å². The van der Waals surface area contributed by atoms with Crippen LogP contribution in [0, 0.1) is 6.92 Å². The Labute approximate surface area is 105 Å². The fraction of sp³-hybridized carbons (Fsp3) is 0.143. The fourth-order valence-corrected chi connectivity index (χ4v) is 1.33. The number of carboxylic acid groups (broad SMARTS) is 1. The van der Waals surface area contributed by atoms with Gasteiger partial charge in [0.05, 0.1) is 5.69 Å². The highest BCUT2D eigenvalue weighted by molar-refractivity contribution is 6.07. The normalized spacial score (nSPS) is 9.22. The molecule has 2 aromatic rings. The van der Waals surface area contributed by atoms with Gasteiger partial charge in [0.1, 0.15) is 0 Å². The number of carbonyl (C=O) groups is 2. The molecule has 2 rings (SSSR count). The number of hydrogen-bond donors (Lipinski definition) is 2. The van der Waals surface area contributed by atoms with Crippen LogP contribution in [0.4, 0.5) is 0 Å². The number of nitrogens with one attached hydrogen (secondary N) is 1. The molecule has 94 valence electrons. The van der Waals surface area contributed by atoms with Gasteiger partial charge < -0.3 is 10.1 Å². The van der Waals surface area contributed by atoms with Gasteiger partial charge in [-0.1, -0.05) is 29.8 Å². The number of H-pyrrole nitrogens is 1. The number of aromatic amines is 1. The predicted octanol–water partition coefficient (Wildman–Crippen LogP) is 2.65. The van der Waals surface area contributed by atoms with E-state index in [-0.39, 0.29) is 5.78 Å². The summed E-state index contributed by atoms with van der Waals surface area (Å²) in [5.41, 5.74) is 2.51. The van der Waals surface area contributed by atoms with Crippen LogP contribution in [0.5, 0.6) is 0 Å². The molecule has 0 aliphatic heterocycles. The molecule has 0 radical (unpaired) electrons. The smallest absolute Gasteiger partial charge is 0.300 e. The van der Waals surface area contributed by atoms with Crippen LogP contribution < -0.4 is 0 Å². The standard InChI is InChI=1S/C12H11NO.C2H4O2/c1-9-4-6-10(7-5-9)12(14)11-3-2-8-13-11;1-2(3)4/h2-8,13H,1H3;1H3,(H,3,4). The summed E-state index contributed by atoms with van der Waals surface area (Å²) in [6, 6.07) is 11.2. The average molecular weight is 245 g/mol. The summed E-state index contributed by atoms with van der Waals surface area (Å²) in [5, 5.41) is 7.42. The van der Waals surface area contributed by atoms with Crippen molar-refractivity contribution in [2.24, 2.45) is 0 Å². The summed E-state index contributed by atoms with van der Waals surface area (Å²) in [6.07, 6.45) is 1.75. The van der Waals surface area contributed by atoms with Crippen molar-refractivity contribution in [1.82, 2.24) is 4.98 Å². The minimum absolute atomic E-state index is 0.0370. The van der Waals surface area contributed by atoms with Crippen molar-refractivity contribution >= 4 is 11.8 Å². The number of carboxylic acids is 1. The summed E-state index contributed by atoms with van der Waals surface area (Å²) in [6.45, 7) is 3.09. The molecule has 0 amide bonds. The van der Waals surface area contributed by atoms with Gasteiger partial charge >= 0.3 is 0 Å². The molecular weight excluding hydrogens is 230 g/mol. The predicted molar refractivity (Wildman–Crippen MR) is 68.7 cm³/mol. The molecule has 0 saturated carbocycles. The third-order valence-corrected chi connectivity index (χ3v) is 2.16. The van der Waals surface area contributed by atoms with Crippen molar-refractivity contribution < 1.29 is 14.7 Å².